The average Bonchev–Trinajstić information content (AvgIpc) is 2.04. The minimum Gasteiger partial charge on any atom is -0.399 e. The quantitative estimate of drug-likeness (QED) is 0.622. The zero-order valence-electron chi connectivity index (χ0n) is 8.33. The van der Waals surface area contributed by atoms with Crippen molar-refractivity contribution in [3.05, 3.63) is 29.8 Å². The molecule has 0 spiro atoms. The molecule has 0 aliphatic carbocycles. The molecule has 1 aromatic carbocycles. The van der Waals surface area contributed by atoms with Crippen molar-refractivity contribution < 1.29 is 2.82 Å². The summed E-state index contributed by atoms with van der Waals surface area (Å²) in [5.74, 6) is 0.504. The third-order valence-corrected chi connectivity index (χ3v) is 1.56. The lowest BCUT2D eigenvalue weighted by molar-refractivity contribution is 0.867. The highest BCUT2D eigenvalue weighted by Crippen LogP contribution is 2.14. The second kappa shape index (κ2) is 2.74. The SMILES string of the molecule is [2H]N([2H])c1ccc(C(C)C)cc1. The van der Waals surface area contributed by atoms with Crippen molar-refractivity contribution in [1.29, 1.82) is 0 Å². The van der Waals surface area contributed by atoms with Crippen LogP contribution in [0.2, 0.25) is 2.82 Å². The van der Waals surface area contributed by atoms with E-state index in [1.807, 2.05) is 12.1 Å². The smallest absolute Gasteiger partial charge is 0.156 e. The Morgan fingerprint density at radius 1 is 1.30 bits per heavy atom. The van der Waals surface area contributed by atoms with Crippen LogP contribution < -0.4 is 5.72 Å². The van der Waals surface area contributed by atoms with Crippen LogP contribution in [0.3, 0.4) is 0 Å². The maximum absolute atomic E-state index is 7.00. The third-order valence-electron chi connectivity index (χ3n) is 1.56. The molecule has 10 heavy (non-hydrogen) atoms. The second-order valence-corrected chi connectivity index (χ2v) is 2.75. The molecule has 1 rings (SSSR count). The molecule has 0 aromatic heterocycles. The molecule has 0 heterocycles. The van der Waals surface area contributed by atoms with E-state index in [9.17, 15) is 0 Å². The highest BCUT2D eigenvalue weighted by Gasteiger charge is 1.95. The molecule has 0 atom stereocenters. The number of hydrogen-bond acceptors (Lipinski definition) is 1. The number of anilines is 1. The van der Waals surface area contributed by atoms with Crippen molar-refractivity contribution in [3.8, 4) is 0 Å². The minimum atomic E-state index is 0.504. The molecule has 1 aromatic rings. The van der Waals surface area contributed by atoms with Gasteiger partial charge >= 0.3 is 0 Å². The van der Waals surface area contributed by atoms with Crippen molar-refractivity contribution >= 4 is 5.69 Å². The first-order chi connectivity index (χ1) is 5.61. The fourth-order valence-corrected chi connectivity index (χ4v) is 0.859. The van der Waals surface area contributed by atoms with Gasteiger partial charge in [0.1, 0.15) is 0 Å². The van der Waals surface area contributed by atoms with Gasteiger partial charge in [-0.25, -0.2) is 0 Å². The van der Waals surface area contributed by atoms with Gasteiger partial charge in [0, 0.05) is 5.69 Å². The van der Waals surface area contributed by atoms with Crippen molar-refractivity contribution in [1.82, 2.24) is 0 Å². The van der Waals surface area contributed by atoms with Gasteiger partial charge in [-0.3, -0.25) is 0 Å². The van der Waals surface area contributed by atoms with E-state index in [-0.39, 0.29) is 0 Å². The van der Waals surface area contributed by atoms with E-state index in [1.54, 1.807) is 12.1 Å². The summed E-state index contributed by atoms with van der Waals surface area (Å²) in [6.45, 7) is 4.24. The molecule has 0 aliphatic heterocycles. The van der Waals surface area contributed by atoms with Crippen LogP contribution in [-0.2, 0) is 0 Å². The van der Waals surface area contributed by atoms with Gasteiger partial charge in [-0.15, -0.1) is 0 Å². The predicted octanol–water partition coefficient (Wildman–Crippen LogP) is 2.39. The molecule has 0 saturated carbocycles. The zero-order chi connectivity index (χ0) is 9.14. The summed E-state index contributed by atoms with van der Waals surface area (Å²) in [5, 5.41) is 0. The summed E-state index contributed by atoms with van der Waals surface area (Å²) in [4.78, 5) is 0. The standard InChI is InChI=1S/C9H13N/c1-7(2)8-3-5-9(10)6-4-8/h3-7H,10H2,1-2H3/i/hD2. The van der Waals surface area contributed by atoms with Crippen LogP contribution in [0.1, 0.15) is 25.3 Å². The van der Waals surface area contributed by atoms with Crippen LogP contribution in [0.4, 0.5) is 5.69 Å². The first kappa shape index (κ1) is 4.78. The normalized spacial score (nSPS) is 12.7. The molecule has 0 amide bonds. The van der Waals surface area contributed by atoms with Gasteiger partial charge in [0.2, 0.25) is 0 Å². The Hall–Kier alpha value is -0.980. The summed E-state index contributed by atoms with van der Waals surface area (Å²) in [6.07, 6.45) is 0. The van der Waals surface area contributed by atoms with Crippen molar-refractivity contribution in [2.24, 2.45) is 0 Å². The number of nitrogen functional groups attached to an aromatic ring is 1. The fraction of sp³-hybridized carbons (Fsp3) is 0.333. The minimum absolute atomic E-state index is 0.504. The maximum atomic E-state index is 7.00. The Kier molecular flexibility index (Phi) is 1.31. The lowest BCUT2D eigenvalue weighted by Gasteiger charge is -2.03. The molecule has 0 aliphatic rings. The Bertz CT molecular complexity index is 214. The van der Waals surface area contributed by atoms with Gasteiger partial charge in [0.15, 0.2) is 2.82 Å². The van der Waals surface area contributed by atoms with E-state index in [4.69, 9.17) is 2.82 Å². The summed E-state index contributed by atoms with van der Waals surface area (Å²) in [5.41, 5.74) is 2.45. The molecule has 2 N–H and O–H groups in total. The van der Waals surface area contributed by atoms with Crippen molar-refractivity contribution in [2.75, 3.05) is 5.72 Å². The number of benzene rings is 1. The lowest BCUT2D eigenvalue weighted by Crippen LogP contribution is -1.88. The van der Waals surface area contributed by atoms with Crippen molar-refractivity contribution in [3.63, 3.8) is 0 Å². The fourth-order valence-electron chi connectivity index (χ4n) is 0.859. The first-order valence-electron chi connectivity index (χ1n) is 4.38. The van der Waals surface area contributed by atoms with Crippen LogP contribution in [0.25, 0.3) is 0 Å². The van der Waals surface area contributed by atoms with Gasteiger partial charge in [0.05, 0.1) is 0 Å². The Morgan fingerprint density at radius 3 is 2.30 bits per heavy atom. The van der Waals surface area contributed by atoms with Crippen LogP contribution in [0, 0.1) is 0 Å². The van der Waals surface area contributed by atoms with E-state index in [2.05, 4.69) is 13.8 Å². The van der Waals surface area contributed by atoms with E-state index in [0.29, 0.717) is 17.3 Å². The summed E-state index contributed by atoms with van der Waals surface area (Å²) >= 11 is 0. The Labute approximate surface area is 64.8 Å². The highest BCUT2D eigenvalue weighted by molar-refractivity contribution is 5.39. The Balaban J connectivity index is 2.86. The van der Waals surface area contributed by atoms with Gasteiger partial charge < -0.3 is 5.72 Å². The molecule has 1 heteroatoms. The first-order valence-corrected chi connectivity index (χ1v) is 3.49. The topological polar surface area (TPSA) is 26.0 Å². The van der Waals surface area contributed by atoms with Gasteiger partial charge in [0.25, 0.3) is 0 Å². The molecule has 0 bridgehead atoms. The van der Waals surface area contributed by atoms with Gasteiger partial charge in [-0.05, 0) is 23.6 Å². The summed E-state index contributed by atoms with van der Waals surface area (Å²) < 4.78 is 14.0. The summed E-state index contributed by atoms with van der Waals surface area (Å²) in [7, 11) is 0. The molecular formula is C9H13N. The second-order valence-electron chi connectivity index (χ2n) is 2.75. The molecule has 0 fully saturated rings. The number of rotatable bonds is 2. The molecule has 0 unspecified atom stereocenters. The number of hydrogen-bond donors (Lipinski definition) is 1. The van der Waals surface area contributed by atoms with E-state index in [0.717, 1.165) is 0 Å². The zero-order valence-corrected chi connectivity index (χ0v) is 6.33. The monoisotopic (exact) mass is 137 g/mol. The maximum Gasteiger partial charge on any atom is 0.156 e. The molecule has 1 nitrogen and oxygen atoms in total. The molecule has 0 saturated heterocycles. The van der Waals surface area contributed by atoms with Crippen LogP contribution >= 0.6 is 0 Å². The largest absolute Gasteiger partial charge is 0.399 e. The lowest BCUT2D eigenvalue weighted by atomic mass is 10.0. The molecule has 54 valence electrons. The van der Waals surface area contributed by atoms with Crippen LogP contribution in [-0.4, -0.2) is 0 Å². The average molecular weight is 137 g/mol. The van der Waals surface area contributed by atoms with Crippen LogP contribution in [0.15, 0.2) is 24.3 Å². The molecule has 0 radical (unpaired) electrons. The van der Waals surface area contributed by atoms with Crippen molar-refractivity contribution in [2.45, 2.75) is 19.8 Å². The molecular weight excluding hydrogens is 122 g/mol. The van der Waals surface area contributed by atoms with E-state index < -0.39 is 0 Å². The van der Waals surface area contributed by atoms with Gasteiger partial charge in [-0.2, -0.15) is 0 Å². The van der Waals surface area contributed by atoms with Gasteiger partial charge in [-0.1, -0.05) is 26.0 Å². The van der Waals surface area contributed by atoms with E-state index >= 15 is 0 Å². The van der Waals surface area contributed by atoms with Crippen LogP contribution in [0.5, 0.6) is 0 Å². The highest BCUT2D eigenvalue weighted by atomic mass is 14.5. The number of nitrogens with two attached hydrogens (primary N) is 1. The van der Waals surface area contributed by atoms with E-state index in [1.165, 1.54) is 5.56 Å². The third kappa shape index (κ3) is 1.50. The predicted molar refractivity (Wildman–Crippen MR) is 44.9 cm³/mol. The Morgan fingerprint density at radius 2 is 1.90 bits per heavy atom. The summed E-state index contributed by atoms with van der Waals surface area (Å²) in [6, 6.07) is 7.48.